The van der Waals surface area contributed by atoms with Gasteiger partial charge in [-0.2, -0.15) is 0 Å². The fourth-order valence-electron chi connectivity index (χ4n) is 2.48. The van der Waals surface area contributed by atoms with E-state index in [2.05, 4.69) is 71.3 Å². The van der Waals surface area contributed by atoms with Crippen LogP contribution in [0.15, 0.2) is 11.3 Å². The standard InChI is InChI=1S/C19H39NO2S.C5H11NS.H2O/c1-8-16(3)17(4)22-18(5)23-14-10-13-21-15-19(6,9-2)11-12-20-7;1-2-3-4-6-5-7;/h18,20H,8-15H2,1-7H3;5H,2-4H2,1H3,(H,6,7);1H2/b17-16-;;. The minimum Gasteiger partial charge on any atom is -0.485 e. The van der Waals surface area contributed by atoms with Crippen LogP contribution in [-0.4, -0.2) is 55.5 Å². The quantitative estimate of drug-likeness (QED) is 0.113. The summed E-state index contributed by atoms with van der Waals surface area (Å²) in [5.41, 5.74) is 3.41. The van der Waals surface area contributed by atoms with Crippen molar-refractivity contribution >= 4 is 29.5 Å². The Balaban J connectivity index is -0.000000840. The molecule has 0 aromatic heterocycles. The second-order valence-electron chi connectivity index (χ2n) is 8.10. The fraction of sp³-hybridized carbons (Fsp3) is 0.875. The molecule has 0 aliphatic carbocycles. The lowest BCUT2D eigenvalue weighted by atomic mass is 9.85. The van der Waals surface area contributed by atoms with Crippen LogP contribution < -0.4 is 10.6 Å². The van der Waals surface area contributed by atoms with Crippen LogP contribution in [0.3, 0.4) is 0 Å². The minimum absolute atomic E-state index is 0. The van der Waals surface area contributed by atoms with Gasteiger partial charge in [0.25, 0.3) is 0 Å². The van der Waals surface area contributed by atoms with Crippen molar-refractivity contribution in [3.63, 3.8) is 0 Å². The van der Waals surface area contributed by atoms with Gasteiger partial charge in [-0.3, -0.25) is 0 Å². The van der Waals surface area contributed by atoms with E-state index in [1.54, 1.807) is 5.49 Å². The van der Waals surface area contributed by atoms with Crippen LogP contribution in [-0.2, 0) is 9.47 Å². The Morgan fingerprint density at radius 3 is 2.35 bits per heavy atom. The third-order valence-corrected chi connectivity index (χ3v) is 6.56. The first kappa shape index (κ1) is 35.3. The first-order valence-corrected chi connectivity index (χ1v) is 13.2. The average Bonchev–Trinajstić information content (AvgIpc) is 2.74. The monoisotopic (exact) mass is 480 g/mol. The molecule has 0 saturated carbocycles. The van der Waals surface area contributed by atoms with Gasteiger partial charge in [-0.15, -0.1) is 11.8 Å². The van der Waals surface area contributed by atoms with Crippen LogP contribution in [0.25, 0.3) is 0 Å². The summed E-state index contributed by atoms with van der Waals surface area (Å²) in [6.07, 6.45) is 6.92. The zero-order chi connectivity index (χ0) is 23.3. The molecule has 31 heavy (non-hydrogen) atoms. The Morgan fingerprint density at radius 2 is 1.84 bits per heavy atom. The van der Waals surface area contributed by atoms with E-state index in [-0.39, 0.29) is 10.9 Å². The van der Waals surface area contributed by atoms with Gasteiger partial charge in [-0.1, -0.05) is 46.3 Å². The topological polar surface area (TPSA) is 74.0 Å². The highest BCUT2D eigenvalue weighted by molar-refractivity contribution is 7.99. The molecule has 0 amide bonds. The van der Waals surface area contributed by atoms with Crippen molar-refractivity contribution in [3.8, 4) is 0 Å². The molecule has 0 aliphatic heterocycles. The van der Waals surface area contributed by atoms with Crippen molar-refractivity contribution in [2.45, 2.75) is 92.4 Å². The molecular formula is C24H52N2O3S2. The average molecular weight is 481 g/mol. The van der Waals surface area contributed by atoms with Crippen molar-refractivity contribution in [3.05, 3.63) is 11.3 Å². The summed E-state index contributed by atoms with van der Waals surface area (Å²) in [7, 11) is 2.01. The summed E-state index contributed by atoms with van der Waals surface area (Å²) in [6.45, 7) is 19.0. The van der Waals surface area contributed by atoms with Gasteiger partial charge in [-0.05, 0) is 83.2 Å². The predicted octanol–water partition coefficient (Wildman–Crippen LogP) is 5.73. The summed E-state index contributed by atoms with van der Waals surface area (Å²) in [5.74, 6) is 2.16. The van der Waals surface area contributed by atoms with Crippen molar-refractivity contribution in [2.24, 2.45) is 5.41 Å². The second-order valence-corrected chi connectivity index (χ2v) is 9.74. The van der Waals surface area contributed by atoms with Crippen LogP contribution in [0, 0.1) is 5.41 Å². The van der Waals surface area contributed by atoms with Crippen LogP contribution >= 0.6 is 24.0 Å². The molecule has 0 bridgehead atoms. The zero-order valence-electron chi connectivity index (χ0n) is 21.6. The number of thioether (sulfide) groups is 1. The van der Waals surface area contributed by atoms with E-state index in [0.717, 1.165) is 57.1 Å². The van der Waals surface area contributed by atoms with Crippen molar-refractivity contribution in [1.29, 1.82) is 0 Å². The maximum absolute atomic E-state index is 5.92. The number of hydrogen-bond donors (Lipinski definition) is 2. The third kappa shape index (κ3) is 22.6. The number of thiocarbonyl (C=S) groups is 1. The zero-order valence-corrected chi connectivity index (χ0v) is 23.2. The minimum atomic E-state index is 0. The van der Waals surface area contributed by atoms with Gasteiger partial charge in [0, 0.05) is 13.2 Å². The van der Waals surface area contributed by atoms with Gasteiger partial charge in [0.05, 0.1) is 17.9 Å². The number of hydrogen-bond acceptors (Lipinski definition) is 5. The van der Waals surface area contributed by atoms with Gasteiger partial charge in [0.15, 0.2) is 0 Å². The van der Waals surface area contributed by atoms with Gasteiger partial charge in [-0.25, -0.2) is 0 Å². The van der Waals surface area contributed by atoms with Crippen molar-refractivity contribution in [2.75, 3.05) is 39.1 Å². The van der Waals surface area contributed by atoms with Crippen molar-refractivity contribution in [1.82, 2.24) is 10.6 Å². The molecule has 0 aliphatic rings. The second kappa shape index (κ2) is 24.3. The molecule has 0 rings (SSSR count). The maximum atomic E-state index is 5.92. The molecule has 0 heterocycles. The van der Waals surface area contributed by atoms with E-state index in [1.165, 1.54) is 24.8 Å². The summed E-state index contributed by atoms with van der Waals surface area (Å²) in [5, 5.41) is 6.17. The highest BCUT2D eigenvalue weighted by atomic mass is 32.2. The van der Waals surface area contributed by atoms with Crippen LogP contribution in [0.5, 0.6) is 0 Å². The maximum Gasteiger partial charge on any atom is 0.141 e. The highest BCUT2D eigenvalue weighted by Crippen LogP contribution is 2.25. The van der Waals surface area contributed by atoms with E-state index >= 15 is 0 Å². The Kier molecular flexibility index (Phi) is 27.6. The molecule has 2 atom stereocenters. The molecule has 5 nitrogen and oxygen atoms in total. The number of ether oxygens (including phenoxy) is 2. The van der Waals surface area contributed by atoms with E-state index < -0.39 is 0 Å². The Hall–Kier alpha value is -0.340. The lowest BCUT2D eigenvalue weighted by Crippen LogP contribution is -2.27. The van der Waals surface area contributed by atoms with Gasteiger partial charge >= 0.3 is 0 Å². The predicted molar refractivity (Wildman–Crippen MR) is 144 cm³/mol. The SMILES string of the molecule is CC/C(C)=C(/C)OC(C)SCCCOCC(C)(CC)CCNC.CCCCNC=S.O. The van der Waals surface area contributed by atoms with E-state index in [1.807, 2.05) is 18.8 Å². The number of allylic oxidation sites excluding steroid dienone is 2. The molecule has 4 N–H and O–H groups in total. The Morgan fingerprint density at radius 1 is 1.16 bits per heavy atom. The van der Waals surface area contributed by atoms with Crippen molar-refractivity contribution < 1.29 is 14.9 Å². The number of unbranched alkanes of at least 4 members (excludes halogenated alkanes) is 1. The molecule has 0 aromatic carbocycles. The Labute approximate surface area is 203 Å². The first-order chi connectivity index (χ1) is 14.3. The lowest BCUT2D eigenvalue weighted by molar-refractivity contribution is 0.0467. The molecule has 0 spiro atoms. The molecular weight excluding hydrogens is 428 g/mol. The van der Waals surface area contributed by atoms with Crippen LogP contribution in [0.2, 0.25) is 0 Å². The van der Waals surface area contributed by atoms with E-state index in [9.17, 15) is 0 Å². The van der Waals surface area contributed by atoms with Crippen LogP contribution in [0.4, 0.5) is 0 Å². The molecule has 2 unspecified atom stereocenters. The third-order valence-electron chi connectivity index (χ3n) is 5.30. The number of nitrogens with one attached hydrogen (secondary N) is 2. The summed E-state index contributed by atoms with van der Waals surface area (Å²) < 4.78 is 11.8. The smallest absolute Gasteiger partial charge is 0.141 e. The van der Waals surface area contributed by atoms with E-state index in [4.69, 9.17) is 9.47 Å². The highest BCUT2D eigenvalue weighted by Gasteiger charge is 2.21. The Bertz CT molecular complexity index is 437. The van der Waals surface area contributed by atoms with E-state index in [0.29, 0.717) is 5.41 Å². The summed E-state index contributed by atoms with van der Waals surface area (Å²) in [6, 6.07) is 0. The van der Waals surface area contributed by atoms with Crippen LogP contribution in [0.1, 0.15) is 87.0 Å². The molecule has 0 radical (unpaired) electrons. The molecule has 188 valence electrons. The van der Waals surface area contributed by atoms with Gasteiger partial charge in [0.2, 0.25) is 0 Å². The number of rotatable bonds is 18. The summed E-state index contributed by atoms with van der Waals surface area (Å²) in [4.78, 5) is 0. The fourth-order valence-corrected chi connectivity index (χ4v) is 3.42. The lowest BCUT2D eigenvalue weighted by Gasteiger charge is -2.28. The summed E-state index contributed by atoms with van der Waals surface area (Å²) >= 11 is 6.39. The largest absolute Gasteiger partial charge is 0.485 e. The van der Waals surface area contributed by atoms with Gasteiger partial charge in [0.1, 0.15) is 5.44 Å². The molecule has 0 aromatic rings. The first-order valence-electron chi connectivity index (χ1n) is 11.6. The normalized spacial score (nSPS) is 14.2. The molecule has 7 heteroatoms. The molecule has 0 saturated heterocycles. The molecule has 0 fully saturated rings. The van der Waals surface area contributed by atoms with Gasteiger partial charge < -0.3 is 25.6 Å².